The van der Waals surface area contributed by atoms with Crippen LogP contribution in [-0.4, -0.2) is 16.9 Å². The number of hydrogen-bond donors (Lipinski definition) is 0. The summed E-state index contributed by atoms with van der Waals surface area (Å²) in [4.78, 5) is 0. The largest absolute Gasteiger partial charge is 0.435 e. The fraction of sp³-hybridized carbons (Fsp3) is 0.308. The number of aromatic nitrogens is 2. The Bertz CT molecular complexity index is 578. The minimum atomic E-state index is -4.47. The van der Waals surface area contributed by atoms with Gasteiger partial charge in [-0.15, -0.1) is 0 Å². The van der Waals surface area contributed by atoms with E-state index in [4.69, 9.17) is 4.74 Å². The molecule has 0 bridgehead atoms. The molecule has 7 heteroatoms. The zero-order valence-electron chi connectivity index (χ0n) is 10.6. The van der Waals surface area contributed by atoms with Crippen molar-refractivity contribution in [2.75, 3.05) is 7.11 Å². The fourth-order valence-electron chi connectivity index (χ4n) is 1.76. The van der Waals surface area contributed by atoms with Gasteiger partial charge in [0.2, 0.25) is 0 Å². The SMILES string of the molecule is COCc1cc(C(F)(F)F)nn1-c1ccc(CBr)cc1. The summed E-state index contributed by atoms with van der Waals surface area (Å²) in [5.41, 5.74) is 1.03. The number of methoxy groups -OCH3 is 1. The summed E-state index contributed by atoms with van der Waals surface area (Å²) in [6, 6.07) is 8.11. The first-order valence-electron chi connectivity index (χ1n) is 5.76. The Morgan fingerprint density at radius 3 is 2.40 bits per heavy atom. The molecule has 0 unspecified atom stereocenters. The van der Waals surface area contributed by atoms with Crippen LogP contribution >= 0.6 is 15.9 Å². The van der Waals surface area contributed by atoms with E-state index in [1.54, 1.807) is 12.1 Å². The van der Waals surface area contributed by atoms with Crippen molar-refractivity contribution < 1.29 is 17.9 Å². The van der Waals surface area contributed by atoms with E-state index in [2.05, 4.69) is 21.0 Å². The molecule has 1 aromatic carbocycles. The Balaban J connectivity index is 2.44. The van der Waals surface area contributed by atoms with Gasteiger partial charge < -0.3 is 4.74 Å². The van der Waals surface area contributed by atoms with E-state index in [0.717, 1.165) is 11.6 Å². The summed E-state index contributed by atoms with van der Waals surface area (Å²) in [6.07, 6.45) is -4.47. The van der Waals surface area contributed by atoms with Crippen molar-refractivity contribution in [3.8, 4) is 5.69 Å². The average Bonchev–Trinajstić information content (AvgIpc) is 2.83. The van der Waals surface area contributed by atoms with Gasteiger partial charge in [0, 0.05) is 12.4 Å². The summed E-state index contributed by atoms with van der Waals surface area (Å²) < 4.78 is 44.4. The number of nitrogens with zero attached hydrogens (tertiary/aromatic N) is 2. The maximum absolute atomic E-state index is 12.7. The predicted octanol–water partition coefficient (Wildman–Crippen LogP) is 3.93. The number of rotatable bonds is 4. The van der Waals surface area contributed by atoms with Crippen molar-refractivity contribution in [1.82, 2.24) is 9.78 Å². The van der Waals surface area contributed by atoms with Gasteiger partial charge in [-0.05, 0) is 23.8 Å². The van der Waals surface area contributed by atoms with Gasteiger partial charge in [-0.1, -0.05) is 28.1 Å². The molecule has 0 spiro atoms. The first-order valence-corrected chi connectivity index (χ1v) is 6.88. The molecule has 0 aliphatic rings. The van der Waals surface area contributed by atoms with E-state index < -0.39 is 11.9 Å². The summed E-state index contributed by atoms with van der Waals surface area (Å²) in [6.45, 7) is 0.0588. The highest BCUT2D eigenvalue weighted by Crippen LogP contribution is 2.29. The van der Waals surface area contributed by atoms with Crippen LogP contribution < -0.4 is 0 Å². The Kier molecular flexibility index (Phi) is 4.49. The van der Waals surface area contributed by atoms with Crippen LogP contribution in [0.4, 0.5) is 13.2 Å². The van der Waals surface area contributed by atoms with E-state index in [-0.39, 0.29) is 6.61 Å². The molecule has 0 radical (unpaired) electrons. The summed E-state index contributed by atoms with van der Waals surface area (Å²) in [5.74, 6) is 0. The topological polar surface area (TPSA) is 27.1 Å². The van der Waals surface area contributed by atoms with Crippen molar-refractivity contribution in [2.45, 2.75) is 18.1 Å². The molecule has 0 saturated carbocycles. The minimum Gasteiger partial charge on any atom is -0.378 e. The normalized spacial score (nSPS) is 11.8. The molecule has 108 valence electrons. The number of alkyl halides is 4. The van der Waals surface area contributed by atoms with Crippen LogP contribution in [0.5, 0.6) is 0 Å². The summed E-state index contributed by atoms with van der Waals surface area (Å²) in [7, 11) is 1.43. The second kappa shape index (κ2) is 5.97. The highest BCUT2D eigenvalue weighted by atomic mass is 79.9. The van der Waals surface area contributed by atoms with Gasteiger partial charge in [-0.25, -0.2) is 4.68 Å². The van der Waals surface area contributed by atoms with E-state index >= 15 is 0 Å². The Morgan fingerprint density at radius 2 is 1.90 bits per heavy atom. The molecule has 0 fully saturated rings. The summed E-state index contributed by atoms with van der Waals surface area (Å²) in [5, 5.41) is 4.31. The van der Waals surface area contributed by atoms with Crippen molar-refractivity contribution >= 4 is 15.9 Å². The molecule has 2 rings (SSSR count). The van der Waals surface area contributed by atoms with Gasteiger partial charge in [0.05, 0.1) is 18.0 Å². The van der Waals surface area contributed by atoms with E-state index in [1.807, 2.05) is 12.1 Å². The standard InChI is InChI=1S/C13H12BrF3N2O/c1-20-8-11-6-12(13(15,16)17)18-19(11)10-4-2-9(7-14)3-5-10/h2-6H,7-8H2,1H3. The second-order valence-electron chi connectivity index (χ2n) is 4.16. The lowest BCUT2D eigenvalue weighted by Gasteiger charge is -2.07. The van der Waals surface area contributed by atoms with Crippen LogP contribution in [0, 0.1) is 0 Å². The van der Waals surface area contributed by atoms with Crippen LogP contribution in [0.3, 0.4) is 0 Å². The van der Waals surface area contributed by atoms with Gasteiger partial charge in [0.25, 0.3) is 0 Å². The first kappa shape index (κ1) is 15.1. The molecule has 3 nitrogen and oxygen atoms in total. The molecular weight excluding hydrogens is 337 g/mol. The predicted molar refractivity (Wildman–Crippen MR) is 71.9 cm³/mol. The van der Waals surface area contributed by atoms with Crippen LogP contribution in [0.15, 0.2) is 30.3 Å². The molecule has 1 aromatic heterocycles. The third-order valence-electron chi connectivity index (χ3n) is 2.70. The van der Waals surface area contributed by atoms with E-state index in [9.17, 15) is 13.2 Å². The van der Waals surface area contributed by atoms with E-state index in [1.165, 1.54) is 11.8 Å². The zero-order valence-corrected chi connectivity index (χ0v) is 12.2. The Hall–Kier alpha value is -1.34. The molecule has 0 N–H and O–H groups in total. The van der Waals surface area contributed by atoms with Crippen molar-refractivity contribution in [3.05, 3.63) is 47.3 Å². The van der Waals surface area contributed by atoms with Crippen LogP contribution in [0.2, 0.25) is 0 Å². The second-order valence-corrected chi connectivity index (χ2v) is 4.72. The number of hydrogen-bond acceptors (Lipinski definition) is 2. The smallest absolute Gasteiger partial charge is 0.378 e. The number of halogens is 4. The molecule has 0 amide bonds. The molecule has 0 aliphatic heterocycles. The number of benzene rings is 1. The third kappa shape index (κ3) is 3.21. The molecule has 0 saturated heterocycles. The molecule has 2 aromatic rings. The van der Waals surface area contributed by atoms with Crippen molar-refractivity contribution in [3.63, 3.8) is 0 Å². The maximum atomic E-state index is 12.7. The highest BCUT2D eigenvalue weighted by molar-refractivity contribution is 9.08. The third-order valence-corrected chi connectivity index (χ3v) is 3.35. The van der Waals surface area contributed by atoms with Crippen molar-refractivity contribution in [1.29, 1.82) is 0 Å². The molecule has 0 atom stereocenters. The van der Waals surface area contributed by atoms with Gasteiger partial charge in [-0.2, -0.15) is 18.3 Å². The lowest BCUT2D eigenvalue weighted by molar-refractivity contribution is -0.141. The quantitative estimate of drug-likeness (QED) is 0.782. The maximum Gasteiger partial charge on any atom is 0.435 e. The van der Waals surface area contributed by atoms with Gasteiger partial charge in [0.15, 0.2) is 5.69 Å². The van der Waals surface area contributed by atoms with Gasteiger partial charge in [0.1, 0.15) is 0 Å². The molecule has 20 heavy (non-hydrogen) atoms. The van der Waals surface area contributed by atoms with Gasteiger partial charge in [-0.3, -0.25) is 0 Å². The molecule has 1 heterocycles. The fourth-order valence-corrected chi connectivity index (χ4v) is 2.13. The monoisotopic (exact) mass is 348 g/mol. The highest BCUT2D eigenvalue weighted by Gasteiger charge is 2.35. The van der Waals surface area contributed by atoms with Gasteiger partial charge >= 0.3 is 6.18 Å². The Labute approximate surface area is 122 Å². The molecule has 0 aliphatic carbocycles. The minimum absolute atomic E-state index is 0.0588. The van der Waals surface area contributed by atoms with Crippen molar-refractivity contribution in [2.24, 2.45) is 0 Å². The van der Waals surface area contributed by atoms with Crippen LogP contribution in [0.25, 0.3) is 5.69 Å². The lowest BCUT2D eigenvalue weighted by atomic mass is 10.2. The lowest BCUT2D eigenvalue weighted by Crippen LogP contribution is -2.07. The van der Waals surface area contributed by atoms with Crippen LogP contribution in [-0.2, 0) is 22.9 Å². The zero-order chi connectivity index (χ0) is 14.8. The molecular formula is C13H12BrF3N2O. The first-order chi connectivity index (χ1) is 9.45. The summed E-state index contributed by atoms with van der Waals surface area (Å²) >= 11 is 3.32. The van der Waals surface area contributed by atoms with E-state index in [0.29, 0.717) is 16.7 Å². The number of ether oxygens (including phenoxy) is 1. The average molecular weight is 349 g/mol. The Morgan fingerprint density at radius 1 is 1.25 bits per heavy atom. The van der Waals surface area contributed by atoms with Crippen LogP contribution in [0.1, 0.15) is 17.0 Å².